The fraction of sp³-hybridized carbons (Fsp3) is 0.667. The van der Waals surface area contributed by atoms with Crippen LogP contribution in [0.4, 0.5) is 0 Å². The summed E-state index contributed by atoms with van der Waals surface area (Å²) in [4.78, 5) is 4.11. The number of hydrogen-bond acceptors (Lipinski definition) is 4. The van der Waals surface area contributed by atoms with Gasteiger partial charge < -0.3 is 10.5 Å². The molecule has 13 heavy (non-hydrogen) atoms. The number of thiazole rings is 1. The highest BCUT2D eigenvalue weighted by molar-refractivity contribution is 7.09. The first-order valence-electron chi connectivity index (χ1n) is 4.39. The summed E-state index contributed by atoms with van der Waals surface area (Å²) in [5.41, 5.74) is 5.70. The second kappa shape index (κ2) is 4.69. The molecular weight excluding hydrogens is 184 g/mol. The largest absolute Gasteiger partial charge is 0.372 e. The van der Waals surface area contributed by atoms with Gasteiger partial charge in [0.1, 0.15) is 5.01 Å². The van der Waals surface area contributed by atoms with E-state index < -0.39 is 0 Å². The standard InChI is InChI=1S/C9H16N2OS/c1-3-9(2,10)7-12-6-8-11-4-5-13-8/h4-5H,3,6-7,10H2,1-2H3. The van der Waals surface area contributed by atoms with Gasteiger partial charge >= 0.3 is 0 Å². The van der Waals surface area contributed by atoms with Crippen molar-refractivity contribution >= 4 is 11.3 Å². The molecule has 1 unspecified atom stereocenters. The van der Waals surface area contributed by atoms with Gasteiger partial charge in [0.25, 0.3) is 0 Å². The van der Waals surface area contributed by atoms with E-state index in [2.05, 4.69) is 11.9 Å². The molecule has 0 saturated heterocycles. The van der Waals surface area contributed by atoms with Crippen LogP contribution < -0.4 is 5.73 Å². The van der Waals surface area contributed by atoms with E-state index >= 15 is 0 Å². The third-order valence-electron chi connectivity index (χ3n) is 1.95. The number of nitrogens with zero attached hydrogens (tertiary/aromatic N) is 1. The Morgan fingerprint density at radius 1 is 1.69 bits per heavy atom. The van der Waals surface area contributed by atoms with Crippen molar-refractivity contribution in [1.82, 2.24) is 4.98 Å². The molecule has 0 saturated carbocycles. The highest BCUT2D eigenvalue weighted by atomic mass is 32.1. The van der Waals surface area contributed by atoms with Crippen LogP contribution in [0.1, 0.15) is 25.3 Å². The first kappa shape index (κ1) is 10.6. The van der Waals surface area contributed by atoms with Crippen molar-refractivity contribution in [3.8, 4) is 0 Å². The van der Waals surface area contributed by atoms with E-state index in [-0.39, 0.29) is 5.54 Å². The molecule has 1 rings (SSSR count). The highest BCUT2D eigenvalue weighted by Gasteiger charge is 2.15. The van der Waals surface area contributed by atoms with E-state index in [0.29, 0.717) is 13.2 Å². The van der Waals surface area contributed by atoms with E-state index in [9.17, 15) is 0 Å². The number of hydrogen-bond donors (Lipinski definition) is 1. The number of aromatic nitrogens is 1. The molecule has 0 amide bonds. The molecule has 1 aromatic rings. The van der Waals surface area contributed by atoms with Crippen molar-refractivity contribution in [3.63, 3.8) is 0 Å². The van der Waals surface area contributed by atoms with Crippen LogP contribution in [0.15, 0.2) is 11.6 Å². The predicted octanol–water partition coefficient (Wildman–Crippen LogP) is 1.79. The summed E-state index contributed by atoms with van der Waals surface area (Å²) in [6, 6.07) is 0. The van der Waals surface area contributed by atoms with Crippen molar-refractivity contribution in [3.05, 3.63) is 16.6 Å². The van der Waals surface area contributed by atoms with Gasteiger partial charge in [0, 0.05) is 17.1 Å². The minimum Gasteiger partial charge on any atom is -0.372 e. The van der Waals surface area contributed by atoms with Crippen molar-refractivity contribution in [1.29, 1.82) is 0 Å². The molecule has 0 spiro atoms. The lowest BCUT2D eigenvalue weighted by atomic mass is 10.0. The molecule has 0 aromatic carbocycles. The van der Waals surface area contributed by atoms with E-state index in [0.717, 1.165) is 11.4 Å². The van der Waals surface area contributed by atoms with Crippen LogP contribution in [-0.2, 0) is 11.3 Å². The SMILES string of the molecule is CCC(C)(N)COCc1nccs1. The molecule has 74 valence electrons. The van der Waals surface area contributed by atoms with E-state index in [1.807, 2.05) is 12.3 Å². The zero-order chi connectivity index (χ0) is 9.73. The maximum Gasteiger partial charge on any atom is 0.118 e. The van der Waals surface area contributed by atoms with E-state index in [4.69, 9.17) is 10.5 Å². The maximum atomic E-state index is 5.91. The Hall–Kier alpha value is -0.450. The molecule has 1 atom stereocenters. The minimum atomic E-state index is -0.211. The summed E-state index contributed by atoms with van der Waals surface area (Å²) in [5, 5.41) is 2.95. The molecule has 0 aliphatic carbocycles. The summed E-state index contributed by atoms with van der Waals surface area (Å²) in [5.74, 6) is 0. The molecule has 0 aliphatic heterocycles. The van der Waals surface area contributed by atoms with Crippen molar-refractivity contribution in [2.45, 2.75) is 32.4 Å². The predicted molar refractivity (Wildman–Crippen MR) is 54.7 cm³/mol. The molecule has 1 aromatic heterocycles. The monoisotopic (exact) mass is 200 g/mol. The molecule has 1 heterocycles. The Morgan fingerprint density at radius 3 is 3.00 bits per heavy atom. The van der Waals surface area contributed by atoms with E-state index in [1.54, 1.807) is 17.5 Å². The lowest BCUT2D eigenvalue weighted by Crippen LogP contribution is -2.40. The third kappa shape index (κ3) is 3.85. The topological polar surface area (TPSA) is 48.1 Å². The molecule has 0 bridgehead atoms. The lowest BCUT2D eigenvalue weighted by molar-refractivity contribution is 0.0776. The van der Waals surface area contributed by atoms with Gasteiger partial charge in [-0.2, -0.15) is 0 Å². The fourth-order valence-electron chi connectivity index (χ4n) is 0.798. The van der Waals surface area contributed by atoms with Crippen LogP contribution in [0.25, 0.3) is 0 Å². The zero-order valence-electron chi connectivity index (χ0n) is 8.12. The Balaban J connectivity index is 2.21. The maximum absolute atomic E-state index is 5.91. The zero-order valence-corrected chi connectivity index (χ0v) is 8.93. The van der Waals surface area contributed by atoms with Crippen LogP contribution in [0.3, 0.4) is 0 Å². The van der Waals surface area contributed by atoms with Gasteiger partial charge in [-0.25, -0.2) is 4.98 Å². The third-order valence-corrected chi connectivity index (χ3v) is 2.70. The molecule has 3 nitrogen and oxygen atoms in total. The Morgan fingerprint density at radius 2 is 2.46 bits per heavy atom. The van der Waals surface area contributed by atoms with Gasteiger partial charge in [-0.05, 0) is 13.3 Å². The minimum absolute atomic E-state index is 0.211. The van der Waals surface area contributed by atoms with Crippen LogP contribution >= 0.6 is 11.3 Å². The Kier molecular flexibility index (Phi) is 3.84. The van der Waals surface area contributed by atoms with Crippen molar-refractivity contribution in [2.24, 2.45) is 5.73 Å². The summed E-state index contributed by atoms with van der Waals surface area (Å²) in [6.07, 6.45) is 2.70. The average molecular weight is 200 g/mol. The van der Waals surface area contributed by atoms with Crippen molar-refractivity contribution < 1.29 is 4.74 Å². The summed E-state index contributed by atoms with van der Waals surface area (Å²) >= 11 is 1.60. The summed E-state index contributed by atoms with van der Waals surface area (Å²) < 4.78 is 5.46. The van der Waals surface area contributed by atoms with Gasteiger partial charge in [-0.1, -0.05) is 6.92 Å². The van der Waals surface area contributed by atoms with Crippen LogP contribution in [-0.4, -0.2) is 17.1 Å². The molecule has 0 fully saturated rings. The molecule has 4 heteroatoms. The van der Waals surface area contributed by atoms with Crippen molar-refractivity contribution in [2.75, 3.05) is 6.61 Å². The van der Waals surface area contributed by atoms with E-state index in [1.165, 1.54) is 0 Å². The first-order chi connectivity index (χ1) is 6.14. The number of nitrogens with two attached hydrogens (primary N) is 1. The summed E-state index contributed by atoms with van der Waals surface area (Å²) in [6.45, 7) is 5.22. The second-order valence-corrected chi connectivity index (χ2v) is 4.41. The molecular formula is C9H16N2OS. The van der Waals surface area contributed by atoms with Gasteiger partial charge in [-0.15, -0.1) is 11.3 Å². The van der Waals surface area contributed by atoms with Gasteiger partial charge in [0.15, 0.2) is 0 Å². The normalized spacial score (nSPS) is 15.6. The quantitative estimate of drug-likeness (QED) is 0.788. The van der Waals surface area contributed by atoms with Crippen LogP contribution in [0.5, 0.6) is 0 Å². The average Bonchev–Trinajstić information content (AvgIpc) is 2.57. The number of ether oxygens (including phenoxy) is 1. The first-order valence-corrected chi connectivity index (χ1v) is 5.27. The second-order valence-electron chi connectivity index (χ2n) is 3.43. The Labute approximate surface area is 82.9 Å². The van der Waals surface area contributed by atoms with Crippen LogP contribution in [0, 0.1) is 0 Å². The molecule has 0 aliphatic rings. The van der Waals surface area contributed by atoms with Gasteiger partial charge in [0.05, 0.1) is 13.2 Å². The molecule has 0 radical (unpaired) electrons. The van der Waals surface area contributed by atoms with Crippen LogP contribution in [0.2, 0.25) is 0 Å². The summed E-state index contributed by atoms with van der Waals surface area (Å²) in [7, 11) is 0. The molecule has 2 N–H and O–H groups in total. The fourth-order valence-corrected chi connectivity index (χ4v) is 1.35. The van der Waals surface area contributed by atoms with Gasteiger partial charge in [0.2, 0.25) is 0 Å². The van der Waals surface area contributed by atoms with Gasteiger partial charge in [-0.3, -0.25) is 0 Å². The smallest absolute Gasteiger partial charge is 0.118 e. The lowest BCUT2D eigenvalue weighted by Gasteiger charge is -2.21. The number of rotatable bonds is 5. The highest BCUT2D eigenvalue weighted by Crippen LogP contribution is 2.09. The Bertz CT molecular complexity index is 234.